The van der Waals surface area contributed by atoms with Crippen molar-refractivity contribution in [3.8, 4) is 11.5 Å². The summed E-state index contributed by atoms with van der Waals surface area (Å²) in [6.45, 7) is 3.52. The van der Waals surface area contributed by atoms with Crippen molar-refractivity contribution >= 4 is 5.91 Å². The summed E-state index contributed by atoms with van der Waals surface area (Å²) in [4.78, 5) is 15.3. The van der Waals surface area contributed by atoms with Gasteiger partial charge in [0.1, 0.15) is 24.7 Å². The summed E-state index contributed by atoms with van der Waals surface area (Å²) in [5.41, 5.74) is 0.554. The number of nitrogens with zero attached hydrogens (tertiary/aromatic N) is 1. The standard InChI is InChI=1S/C21H25NO4/c1-15-5-7-17(26-15)14-22(2)20(23)21(9-3-4-10-21)16-6-8-18-19(13-16)25-12-11-24-18/h5-8,13H,3-4,9-12,14H2,1-2H3. The number of amides is 1. The lowest BCUT2D eigenvalue weighted by Gasteiger charge is -2.33. The number of rotatable bonds is 4. The summed E-state index contributed by atoms with van der Waals surface area (Å²) in [5, 5.41) is 0. The fraction of sp³-hybridized carbons (Fsp3) is 0.476. The number of furan rings is 1. The van der Waals surface area contributed by atoms with Gasteiger partial charge in [0.05, 0.1) is 12.0 Å². The Labute approximate surface area is 153 Å². The molecule has 1 aromatic heterocycles. The molecule has 138 valence electrons. The van der Waals surface area contributed by atoms with E-state index in [9.17, 15) is 4.79 Å². The van der Waals surface area contributed by atoms with Gasteiger partial charge in [-0.3, -0.25) is 4.79 Å². The highest BCUT2D eigenvalue weighted by Crippen LogP contribution is 2.45. The monoisotopic (exact) mass is 355 g/mol. The first-order valence-corrected chi connectivity index (χ1v) is 9.29. The van der Waals surface area contributed by atoms with E-state index in [1.54, 1.807) is 4.90 Å². The molecule has 2 aliphatic rings. The highest BCUT2D eigenvalue weighted by molar-refractivity contribution is 5.88. The van der Waals surface area contributed by atoms with Crippen LogP contribution in [0.4, 0.5) is 0 Å². The third-order valence-corrected chi connectivity index (χ3v) is 5.50. The normalized spacial score (nSPS) is 17.9. The van der Waals surface area contributed by atoms with E-state index in [-0.39, 0.29) is 5.91 Å². The van der Waals surface area contributed by atoms with Crippen LogP contribution in [-0.4, -0.2) is 31.1 Å². The molecule has 0 bridgehead atoms. The third-order valence-electron chi connectivity index (χ3n) is 5.50. The Morgan fingerprint density at radius 1 is 1.08 bits per heavy atom. The Morgan fingerprint density at radius 2 is 1.81 bits per heavy atom. The van der Waals surface area contributed by atoms with Crippen LogP contribution in [0.2, 0.25) is 0 Å². The zero-order chi connectivity index (χ0) is 18.1. The molecule has 0 saturated heterocycles. The summed E-state index contributed by atoms with van der Waals surface area (Å²) in [7, 11) is 1.86. The molecule has 2 aromatic rings. The number of benzene rings is 1. The molecular formula is C21H25NO4. The van der Waals surface area contributed by atoms with Crippen LogP contribution in [0.5, 0.6) is 11.5 Å². The second-order valence-corrected chi connectivity index (χ2v) is 7.32. The van der Waals surface area contributed by atoms with Gasteiger partial charge in [-0.15, -0.1) is 0 Å². The molecule has 5 nitrogen and oxygen atoms in total. The molecule has 1 aromatic carbocycles. The summed E-state index contributed by atoms with van der Waals surface area (Å²) in [6, 6.07) is 9.83. The maximum absolute atomic E-state index is 13.5. The molecule has 0 atom stereocenters. The lowest BCUT2D eigenvalue weighted by atomic mass is 9.77. The lowest BCUT2D eigenvalue weighted by Crippen LogP contribution is -2.43. The van der Waals surface area contributed by atoms with E-state index in [0.29, 0.717) is 19.8 Å². The molecule has 26 heavy (non-hydrogen) atoms. The van der Waals surface area contributed by atoms with Crippen molar-refractivity contribution in [1.29, 1.82) is 0 Å². The van der Waals surface area contributed by atoms with Gasteiger partial charge in [0.25, 0.3) is 0 Å². The van der Waals surface area contributed by atoms with E-state index in [0.717, 1.165) is 54.3 Å². The summed E-state index contributed by atoms with van der Waals surface area (Å²) in [5.74, 6) is 3.34. The van der Waals surface area contributed by atoms with Crippen LogP contribution in [0.1, 0.15) is 42.8 Å². The number of aryl methyl sites for hydroxylation is 1. The third kappa shape index (κ3) is 2.96. The van der Waals surface area contributed by atoms with Crippen LogP contribution in [-0.2, 0) is 16.8 Å². The average Bonchev–Trinajstić information content (AvgIpc) is 3.30. The largest absolute Gasteiger partial charge is 0.486 e. The molecule has 4 rings (SSSR count). The molecule has 0 spiro atoms. The van der Waals surface area contributed by atoms with E-state index in [2.05, 4.69) is 0 Å². The van der Waals surface area contributed by atoms with Crippen molar-refractivity contribution in [2.75, 3.05) is 20.3 Å². The summed E-state index contributed by atoms with van der Waals surface area (Å²) < 4.78 is 17.0. The van der Waals surface area contributed by atoms with Crippen LogP contribution in [0, 0.1) is 6.92 Å². The number of carbonyl (C=O) groups is 1. The van der Waals surface area contributed by atoms with Gasteiger partial charge >= 0.3 is 0 Å². The Kier molecular flexibility index (Phi) is 4.39. The zero-order valence-corrected chi connectivity index (χ0v) is 15.4. The van der Waals surface area contributed by atoms with Crippen molar-refractivity contribution in [2.24, 2.45) is 0 Å². The molecule has 1 saturated carbocycles. The first-order chi connectivity index (χ1) is 12.6. The first-order valence-electron chi connectivity index (χ1n) is 9.29. The predicted molar refractivity (Wildman–Crippen MR) is 97.5 cm³/mol. The Bertz CT molecular complexity index is 804. The van der Waals surface area contributed by atoms with Crippen molar-refractivity contribution in [3.05, 3.63) is 47.4 Å². The summed E-state index contributed by atoms with van der Waals surface area (Å²) in [6.07, 6.45) is 3.86. The molecule has 0 unspecified atom stereocenters. The quantitative estimate of drug-likeness (QED) is 0.836. The van der Waals surface area contributed by atoms with Crippen LogP contribution >= 0.6 is 0 Å². The number of carbonyl (C=O) groups excluding carboxylic acids is 1. The molecule has 1 aliphatic carbocycles. The number of fused-ring (bicyclic) bond motifs is 1. The van der Waals surface area contributed by atoms with Gasteiger partial charge in [0, 0.05) is 7.05 Å². The Balaban J connectivity index is 1.62. The zero-order valence-electron chi connectivity index (χ0n) is 15.4. The van der Waals surface area contributed by atoms with Crippen molar-refractivity contribution in [3.63, 3.8) is 0 Å². The molecule has 0 radical (unpaired) electrons. The molecule has 2 heterocycles. The summed E-state index contributed by atoms with van der Waals surface area (Å²) >= 11 is 0. The van der Waals surface area contributed by atoms with E-state index in [1.807, 2.05) is 44.3 Å². The molecule has 0 N–H and O–H groups in total. The van der Waals surface area contributed by atoms with Crippen molar-refractivity contribution in [2.45, 2.75) is 44.6 Å². The minimum absolute atomic E-state index is 0.153. The van der Waals surface area contributed by atoms with Gasteiger partial charge in [0.15, 0.2) is 11.5 Å². The van der Waals surface area contributed by atoms with Gasteiger partial charge in [-0.05, 0) is 49.6 Å². The van der Waals surface area contributed by atoms with Crippen LogP contribution < -0.4 is 9.47 Å². The second-order valence-electron chi connectivity index (χ2n) is 7.32. The van der Waals surface area contributed by atoms with E-state index in [1.165, 1.54) is 0 Å². The SMILES string of the molecule is Cc1ccc(CN(C)C(=O)C2(c3ccc4c(c3)OCCO4)CCCC2)o1. The fourth-order valence-corrected chi connectivity index (χ4v) is 4.19. The smallest absolute Gasteiger partial charge is 0.233 e. The number of hydrogen-bond acceptors (Lipinski definition) is 4. The fourth-order valence-electron chi connectivity index (χ4n) is 4.19. The average molecular weight is 355 g/mol. The van der Waals surface area contributed by atoms with Gasteiger partial charge in [-0.25, -0.2) is 0 Å². The van der Waals surface area contributed by atoms with E-state index < -0.39 is 5.41 Å². The van der Waals surface area contributed by atoms with E-state index in [4.69, 9.17) is 13.9 Å². The maximum Gasteiger partial charge on any atom is 0.233 e. The van der Waals surface area contributed by atoms with Gasteiger partial charge in [-0.2, -0.15) is 0 Å². The maximum atomic E-state index is 13.5. The van der Waals surface area contributed by atoms with Crippen molar-refractivity contribution < 1.29 is 18.7 Å². The van der Waals surface area contributed by atoms with Gasteiger partial charge in [0.2, 0.25) is 5.91 Å². The van der Waals surface area contributed by atoms with Gasteiger partial charge < -0.3 is 18.8 Å². The Morgan fingerprint density at radius 3 is 2.50 bits per heavy atom. The van der Waals surface area contributed by atoms with Crippen LogP contribution in [0.15, 0.2) is 34.7 Å². The predicted octanol–water partition coefficient (Wildman–Crippen LogP) is 3.83. The topological polar surface area (TPSA) is 51.9 Å². The molecule has 1 fully saturated rings. The highest BCUT2D eigenvalue weighted by Gasteiger charge is 2.44. The number of likely N-dealkylation sites (N-methyl/N-ethyl adjacent to an activating group) is 1. The first kappa shape index (κ1) is 17.0. The van der Waals surface area contributed by atoms with Gasteiger partial charge in [-0.1, -0.05) is 18.9 Å². The van der Waals surface area contributed by atoms with Crippen LogP contribution in [0.3, 0.4) is 0 Å². The van der Waals surface area contributed by atoms with E-state index >= 15 is 0 Å². The number of hydrogen-bond donors (Lipinski definition) is 0. The molecular weight excluding hydrogens is 330 g/mol. The molecule has 5 heteroatoms. The Hall–Kier alpha value is -2.43. The van der Waals surface area contributed by atoms with Crippen molar-refractivity contribution in [1.82, 2.24) is 4.90 Å². The molecule has 1 aliphatic heterocycles. The van der Waals surface area contributed by atoms with Crippen LogP contribution in [0.25, 0.3) is 0 Å². The minimum atomic E-state index is -0.480. The lowest BCUT2D eigenvalue weighted by molar-refractivity contribution is -0.136. The minimum Gasteiger partial charge on any atom is -0.486 e. The molecule has 1 amide bonds. The number of ether oxygens (including phenoxy) is 2. The highest BCUT2D eigenvalue weighted by atomic mass is 16.6. The second kappa shape index (κ2) is 6.71.